The van der Waals surface area contributed by atoms with Gasteiger partial charge in [-0.15, -0.1) is 24.8 Å². The van der Waals surface area contributed by atoms with Crippen LogP contribution in [0, 0.1) is 11.8 Å². The molecule has 0 saturated heterocycles. The van der Waals surface area contributed by atoms with Crippen LogP contribution in [0.1, 0.15) is 12.0 Å². The molecule has 0 fully saturated rings. The van der Waals surface area contributed by atoms with E-state index in [1.807, 2.05) is 0 Å². The van der Waals surface area contributed by atoms with Crippen LogP contribution in [0.5, 0.6) is 11.5 Å². The van der Waals surface area contributed by atoms with Gasteiger partial charge < -0.3 is 9.84 Å². The molecule has 1 aromatic rings. The highest BCUT2D eigenvalue weighted by Crippen LogP contribution is 2.27. The van der Waals surface area contributed by atoms with Crippen molar-refractivity contribution in [1.29, 1.82) is 0 Å². The lowest BCUT2D eigenvalue weighted by molar-refractivity contribution is -0.274. The van der Waals surface area contributed by atoms with E-state index in [4.69, 9.17) is 11.6 Å². The number of phenols is 1. The molecule has 0 amide bonds. The van der Waals surface area contributed by atoms with E-state index in [1.54, 1.807) is 0 Å². The van der Waals surface area contributed by atoms with Gasteiger partial charge in [-0.25, -0.2) is 0 Å². The summed E-state index contributed by atoms with van der Waals surface area (Å²) in [4.78, 5) is 0. The third kappa shape index (κ3) is 4.87. The Bertz CT molecular complexity index is 446. The zero-order valence-corrected chi connectivity index (χ0v) is 9.27. The first-order valence-corrected chi connectivity index (χ1v) is 5.09. The van der Waals surface area contributed by atoms with Crippen molar-refractivity contribution in [3.63, 3.8) is 0 Å². The van der Waals surface area contributed by atoms with Gasteiger partial charge in [-0.3, -0.25) is 0 Å². The molecule has 17 heavy (non-hydrogen) atoms. The van der Waals surface area contributed by atoms with Crippen LogP contribution < -0.4 is 4.74 Å². The number of benzene rings is 1. The molecule has 0 spiro atoms. The molecule has 0 heterocycles. The average Bonchev–Trinajstić information content (AvgIpc) is 2.19. The number of ether oxygens (including phenoxy) is 1. The number of hydrogen-bond donors (Lipinski definition) is 1. The van der Waals surface area contributed by atoms with Gasteiger partial charge in [0.1, 0.15) is 11.5 Å². The van der Waals surface area contributed by atoms with Crippen molar-refractivity contribution in [2.45, 2.75) is 12.8 Å². The smallest absolute Gasteiger partial charge is 0.507 e. The predicted molar refractivity (Wildman–Crippen MR) is 57.0 cm³/mol. The normalized spacial score (nSPS) is 10.6. The largest absolute Gasteiger partial charge is 0.573 e. The molecule has 0 atom stereocenters. The molecule has 92 valence electrons. The van der Waals surface area contributed by atoms with Crippen LogP contribution >= 0.6 is 11.6 Å². The number of alkyl halides is 4. The first-order chi connectivity index (χ1) is 7.92. The lowest BCUT2D eigenvalue weighted by Gasteiger charge is -2.09. The molecule has 1 N–H and O–H groups in total. The maximum atomic E-state index is 11.9. The maximum absolute atomic E-state index is 11.9. The summed E-state index contributed by atoms with van der Waals surface area (Å²) in [5.74, 6) is 4.73. The third-order valence-electron chi connectivity index (χ3n) is 1.65. The zero-order chi connectivity index (χ0) is 12.9. The molecule has 0 aromatic heterocycles. The highest BCUT2D eigenvalue weighted by atomic mass is 35.5. The summed E-state index contributed by atoms with van der Waals surface area (Å²) in [5.41, 5.74) is 0.227. The van der Waals surface area contributed by atoms with E-state index >= 15 is 0 Å². The fraction of sp³-hybridized carbons (Fsp3) is 0.273. The molecule has 0 aliphatic carbocycles. The molecule has 0 bridgehead atoms. The van der Waals surface area contributed by atoms with Gasteiger partial charge in [0.05, 0.1) is 5.56 Å². The van der Waals surface area contributed by atoms with Crippen molar-refractivity contribution < 1.29 is 23.0 Å². The Morgan fingerprint density at radius 3 is 2.59 bits per heavy atom. The molecule has 0 unspecified atom stereocenters. The lowest BCUT2D eigenvalue weighted by Crippen LogP contribution is -2.17. The van der Waals surface area contributed by atoms with Gasteiger partial charge >= 0.3 is 6.36 Å². The van der Waals surface area contributed by atoms with Gasteiger partial charge in [-0.1, -0.05) is 11.8 Å². The van der Waals surface area contributed by atoms with Crippen molar-refractivity contribution >= 4 is 11.6 Å². The first-order valence-electron chi connectivity index (χ1n) is 4.56. The predicted octanol–water partition coefficient (Wildman–Crippen LogP) is 3.27. The summed E-state index contributed by atoms with van der Waals surface area (Å²) in [6.07, 6.45) is -4.35. The van der Waals surface area contributed by atoms with Gasteiger partial charge in [0.15, 0.2) is 0 Å². The molecule has 0 aliphatic heterocycles. The number of aromatic hydroxyl groups is 1. The molecule has 0 saturated carbocycles. The molecular formula is C11H8ClF3O2. The van der Waals surface area contributed by atoms with E-state index in [2.05, 4.69) is 16.6 Å². The van der Waals surface area contributed by atoms with E-state index in [9.17, 15) is 18.3 Å². The highest BCUT2D eigenvalue weighted by Gasteiger charge is 2.31. The Morgan fingerprint density at radius 2 is 2.06 bits per heavy atom. The molecule has 1 aromatic carbocycles. The summed E-state index contributed by atoms with van der Waals surface area (Å²) < 4.78 is 39.3. The maximum Gasteiger partial charge on any atom is 0.573 e. The summed E-state index contributed by atoms with van der Waals surface area (Å²) >= 11 is 5.40. The first kappa shape index (κ1) is 13.5. The number of phenolic OH excluding ortho intramolecular Hbond substituents is 1. The molecule has 1 rings (SSSR count). The van der Waals surface area contributed by atoms with Crippen LogP contribution in [0.4, 0.5) is 13.2 Å². The van der Waals surface area contributed by atoms with E-state index in [0.29, 0.717) is 12.3 Å². The SMILES string of the molecule is Oc1cc(OC(F)(F)F)ccc1C#CCCCl. The van der Waals surface area contributed by atoms with Crippen LogP contribution in [-0.2, 0) is 0 Å². The fourth-order valence-electron chi connectivity index (χ4n) is 1.02. The summed E-state index contributed by atoms with van der Waals surface area (Å²) in [7, 11) is 0. The molecule has 0 radical (unpaired) electrons. The third-order valence-corrected chi connectivity index (χ3v) is 1.83. The van der Waals surface area contributed by atoms with Crippen molar-refractivity contribution in [3.8, 4) is 23.3 Å². The van der Waals surface area contributed by atoms with Gasteiger partial charge in [0.25, 0.3) is 0 Å². The average molecular weight is 265 g/mol. The van der Waals surface area contributed by atoms with Gasteiger partial charge in [-0.2, -0.15) is 0 Å². The monoisotopic (exact) mass is 264 g/mol. The fourth-order valence-corrected chi connectivity index (χ4v) is 1.11. The van der Waals surface area contributed by atoms with E-state index in [0.717, 1.165) is 12.1 Å². The van der Waals surface area contributed by atoms with Crippen LogP contribution in [0.25, 0.3) is 0 Å². The highest BCUT2D eigenvalue weighted by molar-refractivity contribution is 6.18. The Hall–Kier alpha value is -1.54. The minimum Gasteiger partial charge on any atom is -0.507 e. The van der Waals surface area contributed by atoms with Gasteiger partial charge in [0.2, 0.25) is 0 Å². The molecule has 6 heteroatoms. The Balaban J connectivity index is 2.84. The standard InChI is InChI=1S/C11H8ClF3O2/c12-6-2-1-3-8-4-5-9(7-10(8)16)17-11(13,14)15/h4-5,7,16H,2,6H2. The lowest BCUT2D eigenvalue weighted by atomic mass is 10.2. The quantitative estimate of drug-likeness (QED) is 0.656. The Labute approximate surface area is 101 Å². The van der Waals surface area contributed by atoms with Crippen LogP contribution in [-0.4, -0.2) is 17.3 Å². The van der Waals surface area contributed by atoms with E-state index < -0.39 is 12.1 Å². The number of hydrogen-bond acceptors (Lipinski definition) is 2. The van der Waals surface area contributed by atoms with Crippen molar-refractivity contribution in [2.75, 3.05) is 5.88 Å². The minimum absolute atomic E-state index is 0.227. The van der Waals surface area contributed by atoms with Crippen molar-refractivity contribution in [1.82, 2.24) is 0 Å². The molecular weight excluding hydrogens is 257 g/mol. The van der Waals surface area contributed by atoms with Crippen LogP contribution in [0.15, 0.2) is 18.2 Å². The van der Waals surface area contributed by atoms with E-state index in [-0.39, 0.29) is 11.3 Å². The summed E-state index contributed by atoms with van der Waals surface area (Å²) in [5, 5.41) is 9.40. The van der Waals surface area contributed by atoms with Crippen LogP contribution in [0.3, 0.4) is 0 Å². The molecule has 0 aliphatic rings. The molecule has 2 nitrogen and oxygen atoms in total. The Morgan fingerprint density at radius 1 is 1.35 bits per heavy atom. The summed E-state index contributed by atoms with van der Waals surface area (Å²) in [6.45, 7) is 0. The van der Waals surface area contributed by atoms with Gasteiger partial charge in [-0.05, 0) is 12.1 Å². The second-order valence-electron chi connectivity index (χ2n) is 2.97. The zero-order valence-electron chi connectivity index (χ0n) is 8.51. The summed E-state index contributed by atoms with van der Waals surface area (Å²) in [6, 6.07) is 3.19. The van der Waals surface area contributed by atoms with Crippen molar-refractivity contribution in [2.24, 2.45) is 0 Å². The topological polar surface area (TPSA) is 29.5 Å². The minimum atomic E-state index is -4.78. The van der Waals surface area contributed by atoms with Gasteiger partial charge in [0, 0.05) is 18.4 Å². The van der Waals surface area contributed by atoms with E-state index in [1.165, 1.54) is 6.07 Å². The number of halogens is 4. The van der Waals surface area contributed by atoms with Crippen molar-refractivity contribution in [3.05, 3.63) is 23.8 Å². The Kier molecular flexibility index (Phi) is 4.53. The second kappa shape index (κ2) is 5.69. The number of rotatable bonds is 2. The van der Waals surface area contributed by atoms with Crippen LogP contribution in [0.2, 0.25) is 0 Å². The second-order valence-corrected chi connectivity index (χ2v) is 3.35.